The van der Waals surface area contributed by atoms with Gasteiger partial charge in [0.2, 0.25) is 5.91 Å². The Hall–Kier alpha value is -0.830. The molecule has 3 heteroatoms. The molecule has 14 heavy (non-hydrogen) atoms. The van der Waals surface area contributed by atoms with E-state index in [0.29, 0.717) is 13.0 Å². The average molecular weight is 255 g/mol. The zero-order chi connectivity index (χ0) is 10.9. The summed E-state index contributed by atoms with van der Waals surface area (Å²) < 4.78 is 9.17. The Bertz CT molecular complexity index is 379. The Morgan fingerprint density at radius 2 is 2.14 bits per heavy atom. The van der Waals surface area contributed by atoms with Crippen LogP contribution in [0.4, 0.5) is 0 Å². The predicted octanol–water partition coefficient (Wildman–Crippen LogP) is 2.44. The Kier molecular flexibility index (Phi) is 2.50. The first-order chi connectivity index (χ1) is 7.13. The molecule has 0 aliphatic carbocycles. The second kappa shape index (κ2) is 4.13. The minimum absolute atomic E-state index is 0.184. The van der Waals surface area contributed by atoms with Crippen LogP contribution in [0.3, 0.4) is 0 Å². The molecule has 74 valence electrons. The summed E-state index contributed by atoms with van der Waals surface area (Å²) in [4.78, 5) is 11.7. The molecule has 0 saturated carbocycles. The first-order valence-electron chi connectivity index (χ1n) is 5.17. The summed E-state index contributed by atoms with van der Waals surface area (Å²) in [6, 6.07) is 7.41. The summed E-state index contributed by atoms with van der Waals surface area (Å²) in [5.74, 6) is -1.28. The van der Waals surface area contributed by atoms with Crippen molar-refractivity contribution < 1.29 is 6.17 Å². The van der Waals surface area contributed by atoms with Gasteiger partial charge in [-0.2, -0.15) is 0 Å². The van der Waals surface area contributed by atoms with Crippen LogP contribution in [0.25, 0.3) is 0 Å². The van der Waals surface area contributed by atoms with Gasteiger partial charge in [-0.15, -0.1) is 0 Å². The first kappa shape index (κ1) is 8.48. The van der Waals surface area contributed by atoms with Crippen molar-refractivity contribution in [2.75, 3.05) is 6.54 Å². The zero-order valence-corrected chi connectivity index (χ0v) is 9.30. The maximum absolute atomic E-state index is 11.7. The number of hydrogen-bond donors (Lipinski definition) is 1. The highest BCUT2D eigenvalue weighted by Crippen LogP contribution is 2.25. The number of hydrogen-bond acceptors (Lipinski definition) is 1. The van der Waals surface area contributed by atoms with Crippen LogP contribution in [0.2, 0.25) is 0 Å². The first-order valence-corrected chi connectivity index (χ1v) is 5.46. The minimum atomic E-state index is -1.10. The van der Waals surface area contributed by atoms with E-state index in [1.54, 1.807) is 0 Å². The molecule has 1 aliphatic heterocycles. The predicted molar refractivity (Wildman–Crippen MR) is 59.1 cm³/mol. The van der Waals surface area contributed by atoms with Gasteiger partial charge in [0.15, 0.2) is 0 Å². The van der Waals surface area contributed by atoms with Gasteiger partial charge in [0.05, 0.1) is 5.89 Å². The van der Waals surface area contributed by atoms with Gasteiger partial charge in [0.25, 0.3) is 0 Å². The monoisotopic (exact) mass is 254 g/mol. The van der Waals surface area contributed by atoms with E-state index in [4.69, 9.17) is 1.37 Å². The summed E-state index contributed by atoms with van der Waals surface area (Å²) in [7, 11) is 0. The van der Waals surface area contributed by atoms with Crippen LogP contribution in [0.1, 0.15) is 25.7 Å². The molecule has 1 heterocycles. The minimum Gasteiger partial charge on any atom is -0.356 e. The van der Waals surface area contributed by atoms with Crippen LogP contribution in [0.5, 0.6) is 0 Å². The zero-order valence-electron chi connectivity index (χ0n) is 8.72. The fourth-order valence-electron chi connectivity index (χ4n) is 1.61. The van der Waals surface area contributed by atoms with Crippen LogP contribution in [-0.2, 0) is 4.79 Å². The lowest BCUT2D eigenvalue weighted by Crippen LogP contribution is -2.34. The number of carbonyl (C=O) groups is 1. The fraction of sp³-hybridized carbons (Fsp3) is 0.364. The maximum Gasteiger partial charge on any atom is 0.227 e. The van der Waals surface area contributed by atoms with Gasteiger partial charge >= 0.3 is 0 Å². The molecule has 0 spiro atoms. The number of piperidine rings is 1. The van der Waals surface area contributed by atoms with Crippen LogP contribution < -0.4 is 5.32 Å². The van der Waals surface area contributed by atoms with E-state index in [2.05, 4.69) is 21.2 Å². The number of benzene rings is 1. The lowest BCUT2D eigenvalue weighted by Gasteiger charge is -2.21. The maximum atomic E-state index is 11.7. The number of rotatable bonds is 1. The summed E-state index contributed by atoms with van der Waals surface area (Å²) in [6.07, 6.45) is 1.46. The van der Waals surface area contributed by atoms with Crippen molar-refractivity contribution in [3.8, 4) is 0 Å². The molecule has 1 N–H and O–H groups in total. The van der Waals surface area contributed by atoms with Crippen molar-refractivity contribution in [3.05, 3.63) is 34.3 Å². The molecule has 1 amide bonds. The van der Waals surface area contributed by atoms with Gasteiger partial charge in [-0.3, -0.25) is 4.79 Å². The molecule has 2 rings (SSSR count). The molecule has 1 fully saturated rings. The fourth-order valence-corrected chi connectivity index (χ4v) is 1.88. The average Bonchev–Trinajstić information content (AvgIpc) is 2.23. The van der Waals surface area contributed by atoms with Crippen LogP contribution >= 0.6 is 15.9 Å². The van der Waals surface area contributed by atoms with E-state index >= 15 is 0 Å². The SMILES string of the molecule is [2H]C1(c2ccc(Br)cc2)CCCNC1=O. The lowest BCUT2D eigenvalue weighted by atomic mass is 9.91. The van der Waals surface area contributed by atoms with Crippen molar-refractivity contribution in [2.45, 2.75) is 18.7 Å². The number of halogens is 1. The number of carbonyl (C=O) groups excluding carboxylic acids is 1. The standard InChI is InChI=1S/C11H12BrNO/c12-9-5-3-8(4-6-9)10-2-1-7-13-11(10)14/h3-6,10H,1-2,7H2,(H,13,14)/i10D. The smallest absolute Gasteiger partial charge is 0.227 e. The van der Waals surface area contributed by atoms with Crippen LogP contribution in [-0.4, -0.2) is 12.5 Å². The summed E-state index contributed by atoms with van der Waals surface area (Å²) in [5, 5.41) is 2.75. The number of nitrogens with one attached hydrogen (secondary N) is 1. The molecular weight excluding hydrogens is 242 g/mol. The number of amides is 1. The quantitative estimate of drug-likeness (QED) is 0.820. The topological polar surface area (TPSA) is 29.1 Å². The molecule has 1 atom stereocenters. The van der Waals surface area contributed by atoms with E-state index in [-0.39, 0.29) is 5.91 Å². The van der Waals surface area contributed by atoms with E-state index in [1.165, 1.54) is 0 Å². The Morgan fingerprint density at radius 1 is 1.43 bits per heavy atom. The summed E-state index contributed by atoms with van der Waals surface area (Å²) >= 11 is 3.34. The van der Waals surface area contributed by atoms with Crippen molar-refractivity contribution >= 4 is 21.8 Å². The summed E-state index contributed by atoms with van der Waals surface area (Å²) in [6.45, 7) is 0.690. The normalized spacial score (nSPS) is 28.1. The third-order valence-electron chi connectivity index (χ3n) is 2.36. The highest BCUT2D eigenvalue weighted by molar-refractivity contribution is 9.10. The van der Waals surface area contributed by atoms with Crippen molar-refractivity contribution in [1.29, 1.82) is 0 Å². The van der Waals surface area contributed by atoms with E-state index in [9.17, 15) is 4.79 Å². The molecule has 2 nitrogen and oxygen atoms in total. The molecule has 1 unspecified atom stereocenters. The molecule has 1 saturated heterocycles. The molecule has 1 aromatic rings. The third kappa shape index (κ3) is 1.98. The van der Waals surface area contributed by atoms with Gasteiger partial charge < -0.3 is 5.32 Å². The second-order valence-corrected chi connectivity index (χ2v) is 4.26. The van der Waals surface area contributed by atoms with Crippen molar-refractivity contribution in [1.82, 2.24) is 5.32 Å². The van der Waals surface area contributed by atoms with Crippen molar-refractivity contribution in [3.63, 3.8) is 0 Å². The molecule has 1 aromatic carbocycles. The molecule has 0 radical (unpaired) electrons. The van der Waals surface area contributed by atoms with Gasteiger partial charge in [0, 0.05) is 12.4 Å². The van der Waals surface area contributed by atoms with Crippen molar-refractivity contribution in [2.24, 2.45) is 0 Å². The van der Waals surface area contributed by atoms with E-state index in [0.717, 1.165) is 16.5 Å². The van der Waals surface area contributed by atoms with Gasteiger partial charge in [-0.1, -0.05) is 28.1 Å². The van der Waals surface area contributed by atoms with E-state index in [1.807, 2.05) is 24.3 Å². The Labute approximate surface area is 93.2 Å². The Balaban J connectivity index is 2.35. The van der Waals surface area contributed by atoms with Crippen LogP contribution in [0, 0.1) is 0 Å². The highest BCUT2D eigenvalue weighted by Gasteiger charge is 2.23. The lowest BCUT2D eigenvalue weighted by molar-refractivity contribution is -0.123. The molecular formula is C11H12BrNO. The van der Waals surface area contributed by atoms with Gasteiger partial charge in [0.1, 0.15) is 0 Å². The van der Waals surface area contributed by atoms with E-state index < -0.39 is 5.89 Å². The molecule has 0 aromatic heterocycles. The van der Waals surface area contributed by atoms with Gasteiger partial charge in [-0.05, 0) is 30.5 Å². The second-order valence-electron chi connectivity index (χ2n) is 3.34. The Morgan fingerprint density at radius 3 is 2.79 bits per heavy atom. The summed E-state index contributed by atoms with van der Waals surface area (Å²) in [5.41, 5.74) is 0.767. The largest absolute Gasteiger partial charge is 0.356 e. The molecule has 0 bridgehead atoms. The molecule has 1 aliphatic rings. The third-order valence-corrected chi connectivity index (χ3v) is 2.88. The van der Waals surface area contributed by atoms with Crippen LogP contribution in [0.15, 0.2) is 28.7 Å². The highest BCUT2D eigenvalue weighted by atomic mass is 79.9. The van der Waals surface area contributed by atoms with Gasteiger partial charge in [-0.25, -0.2) is 0 Å².